The Morgan fingerprint density at radius 2 is 1.96 bits per heavy atom. The summed E-state index contributed by atoms with van der Waals surface area (Å²) in [7, 11) is 0. The normalized spacial score (nSPS) is 20.1. The first-order valence-corrected chi connectivity index (χ1v) is 9.77. The van der Waals surface area contributed by atoms with Gasteiger partial charge in [-0.3, -0.25) is 14.5 Å². The summed E-state index contributed by atoms with van der Waals surface area (Å²) >= 11 is 0. The maximum absolute atomic E-state index is 14.4. The molecule has 0 bridgehead atoms. The molecule has 2 heterocycles. The van der Waals surface area contributed by atoms with Crippen LogP contribution >= 0.6 is 12.4 Å². The van der Waals surface area contributed by atoms with E-state index < -0.39 is 5.82 Å². The molecule has 2 fully saturated rings. The van der Waals surface area contributed by atoms with Crippen molar-refractivity contribution < 1.29 is 14.0 Å². The van der Waals surface area contributed by atoms with E-state index >= 15 is 0 Å². The van der Waals surface area contributed by atoms with Gasteiger partial charge in [0, 0.05) is 57.3 Å². The highest BCUT2D eigenvalue weighted by Crippen LogP contribution is 2.21. The quantitative estimate of drug-likeness (QED) is 0.779. The fourth-order valence-electron chi connectivity index (χ4n) is 3.78. The average Bonchev–Trinajstić information content (AvgIpc) is 3.13. The maximum Gasteiger partial charge on any atom is 0.254 e. The maximum atomic E-state index is 14.4. The van der Waals surface area contributed by atoms with Gasteiger partial charge in [0.25, 0.3) is 5.91 Å². The van der Waals surface area contributed by atoms with Gasteiger partial charge in [-0.15, -0.1) is 12.4 Å². The first kappa shape index (κ1) is 22.6. The minimum atomic E-state index is -0.573. The van der Waals surface area contributed by atoms with Crippen molar-refractivity contribution in [3.8, 4) is 0 Å². The van der Waals surface area contributed by atoms with Crippen LogP contribution in [-0.2, 0) is 4.79 Å². The third-order valence-electron chi connectivity index (χ3n) is 5.20. The Balaban J connectivity index is 0.00000280. The molecule has 0 spiro atoms. The number of amides is 2. The zero-order valence-corrected chi connectivity index (χ0v) is 17.4. The number of nitrogens with zero attached hydrogens (tertiary/aromatic N) is 2. The summed E-state index contributed by atoms with van der Waals surface area (Å²) < 4.78 is 14.4. The minimum absolute atomic E-state index is 0. The van der Waals surface area contributed by atoms with Gasteiger partial charge in [0.1, 0.15) is 5.82 Å². The molecule has 0 aliphatic carbocycles. The number of piperazine rings is 1. The summed E-state index contributed by atoms with van der Waals surface area (Å²) in [6, 6.07) is 4.68. The molecule has 2 amide bonds. The van der Waals surface area contributed by atoms with Crippen molar-refractivity contribution in [3.05, 3.63) is 29.6 Å². The second-order valence-corrected chi connectivity index (χ2v) is 7.82. The molecule has 1 atom stereocenters. The highest BCUT2D eigenvalue weighted by molar-refractivity contribution is 5.96. The van der Waals surface area contributed by atoms with E-state index in [-0.39, 0.29) is 35.8 Å². The zero-order chi connectivity index (χ0) is 19.4. The van der Waals surface area contributed by atoms with E-state index in [1.54, 1.807) is 11.0 Å². The number of likely N-dealkylation sites (tertiary alicyclic amines) is 1. The van der Waals surface area contributed by atoms with Gasteiger partial charge in [-0.05, 0) is 30.5 Å². The van der Waals surface area contributed by atoms with Gasteiger partial charge in [0.05, 0.1) is 5.69 Å². The number of carbonyl (C=O) groups is 2. The zero-order valence-electron chi connectivity index (χ0n) is 16.5. The standard InChI is InChI=1S/C20H29FN4O2.ClH/c1-14(2)11-19(26)23-18-4-3-15(12-17(18)21)20(27)25-8-5-16(13-25)24-9-6-22-7-10-24;/h3-4,12,14,16,22H,5-11,13H2,1-2H3,(H,23,26);1H. The number of anilines is 1. The van der Waals surface area contributed by atoms with E-state index in [2.05, 4.69) is 15.5 Å². The molecule has 0 radical (unpaired) electrons. The van der Waals surface area contributed by atoms with E-state index in [4.69, 9.17) is 0 Å². The van der Waals surface area contributed by atoms with Crippen LogP contribution in [0.4, 0.5) is 10.1 Å². The first-order chi connectivity index (χ1) is 12.9. The predicted octanol–water partition coefficient (Wildman–Crippen LogP) is 2.35. The molecule has 6 nitrogen and oxygen atoms in total. The molecule has 2 aliphatic rings. The lowest BCUT2D eigenvalue weighted by Gasteiger charge is -2.32. The van der Waals surface area contributed by atoms with Gasteiger partial charge in [0.2, 0.25) is 5.91 Å². The van der Waals surface area contributed by atoms with Crippen molar-refractivity contribution in [2.75, 3.05) is 44.6 Å². The van der Waals surface area contributed by atoms with Crippen molar-refractivity contribution in [1.29, 1.82) is 0 Å². The lowest BCUT2D eigenvalue weighted by Crippen LogP contribution is -2.49. The van der Waals surface area contributed by atoms with Crippen LogP contribution in [0.25, 0.3) is 0 Å². The predicted molar refractivity (Wildman–Crippen MR) is 110 cm³/mol. The van der Waals surface area contributed by atoms with Crippen LogP contribution in [-0.4, -0.2) is 66.9 Å². The van der Waals surface area contributed by atoms with Crippen molar-refractivity contribution in [2.24, 2.45) is 5.92 Å². The van der Waals surface area contributed by atoms with Crippen LogP contribution in [0.5, 0.6) is 0 Å². The van der Waals surface area contributed by atoms with E-state index in [0.29, 0.717) is 31.1 Å². The fourth-order valence-corrected chi connectivity index (χ4v) is 3.78. The molecule has 156 valence electrons. The number of carbonyl (C=O) groups excluding carboxylic acids is 2. The van der Waals surface area contributed by atoms with Crippen molar-refractivity contribution in [3.63, 3.8) is 0 Å². The van der Waals surface area contributed by atoms with Crippen LogP contribution in [0.2, 0.25) is 0 Å². The first-order valence-electron chi connectivity index (χ1n) is 9.77. The van der Waals surface area contributed by atoms with Crippen molar-refractivity contribution >= 4 is 29.9 Å². The molecule has 1 aromatic carbocycles. The lowest BCUT2D eigenvalue weighted by molar-refractivity contribution is -0.116. The highest BCUT2D eigenvalue weighted by atomic mass is 35.5. The smallest absolute Gasteiger partial charge is 0.254 e. The molecule has 2 saturated heterocycles. The molecule has 8 heteroatoms. The molecular weight excluding hydrogens is 383 g/mol. The molecule has 2 N–H and O–H groups in total. The van der Waals surface area contributed by atoms with Crippen LogP contribution in [0.15, 0.2) is 18.2 Å². The van der Waals surface area contributed by atoms with Crippen molar-refractivity contribution in [1.82, 2.24) is 15.1 Å². The Kier molecular flexibility index (Phi) is 8.22. The Bertz CT molecular complexity index is 695. The summed E-state index contributed by atoms with van der Waals surface area (Å²) in [5, 5.41) is 5.92. The summed E-state index contributed by atoms with van der Waals surface area (Å²) in [5.41, 5.74) is 0.452. The second-order valence-electron chi connectivity index (χ2n) is 7.82. The minimum Gasteiger partial charge on any atom is -0.337 e. The molecule has 3 rings (SSSR count). The number of benzene rings is 1. The topological polar surface area (TPSA) is 64.7 Å². The van der Waals surface area contributed by atoms with E-state index in [0.717, 1.165) is 32.6 Å². The van der Waals surface area contributed by atoms with Gasteiger partial charge < -0.3 is 15.5 Å². The molecule has 2 aliphatic heterocycles. The molecular formula is C20H30ClFN4O2. The number of hydrogen-bond donors (Lipinski definition) is 2. The van der Waals surface area contributed by atoms with E-state index in [1.165, 1.54) is 12.1 Å². The molecule has 1 aromatic rings. The SMILES string of the molecule is CC(C)CC(=O)Nc1ccc(C(=O)N2CCC(N3CCNCC3)C2)cc1F.Cl. The van der Waals surface area contributed by atoms with Crippen LogP contribution in [0, 0.1) is 11.7 Å². The van der Waals surface area contributed by atoms with Gasteiger partial charge in [-0.2, -0.15) is 0 Å². The van der Waals surface area contributed by atoms with Crippen LogP contribution < -0.4 is 10.6 Å². The fraction of sp³-hybridized carbons (Fsp3) is 0.600. The van der Waals surface area contributed by atoms with Gasteiger partial charge >= 0.3 is 0 Å². The molecule has 0 aromatic heterocycles. The molecule has 28 heavy (non-hydrogen) atoms. The summed E-state index contributed by atoms with van der Waals surface area (Å²) in [6.45, 7) is 9.23. The van der Waals surface area contributed by atoms with Gasteiger partial charge in [0.15, 0.2) is 0 Å². The molecule has 1 unspecified atom stereocenters. The summed E-state index contributed by atoms with van der Waals surface area (Å²) in [4.78, 5) is 28.8. The largest absolute Gasteiger partial charge is 0.337 e. The highest BCUT2D eigenvalue weighted by Gasteiger charge is 2.31. The number of rotatable bonds is 5. The average molecular weight is 413 g/mol. The van der Waals surface area contributed by atoms with Crippen LogP contribution in [0.3, 0.4) is 0 Å². The number of halogens is 2. The van der Waals surface area contributed by atoms with E-state index in [1.807, 2.05) is 13.8 Å². The van der Waals surface area contributed by atoms with Crippen molar-refractivity contribution in [2.45, 2.75) is 32.7 Å². The third kappa shape index (κ3) is 5.65. The number of hydrogen-bond acceptors (Lipinski definition) is 4. The Hall–Kier alpha value is -1.70. The van der Waals surface area contributed by atoms with Gasteiger partial charge in [-0.1, -0.05) is 13.8 Å². The molecule has 0 saturated carbocycles. The van der Waals surface area contributed by atoms with E-state index in [9.17, 15) is 14.0 Å². The monoisotopic (exact) mass is 412 g/mol. The number of nitrogens with one attached hydrogen (secondary N) is 2. The lowest BCUT2D eigenvalue weighted by atomic mass is 10.1. The third-order valence-corrected chi connectivity index (χ3v) is 5.20. The Morgan fingerprint density at radius 1 is 1.25 bits per heavy atom. The summed E-state index contributed by atoms with van der Waals surface area (Å²) in [6.07, 6.45) is 1.29. The van der Waals surface area contributed by atoms with Gasteiger partial charge in [-0.25, -0.2) is 4.39 Å². The Morgan fingerprint density at radius 3 is 2.61 bits per heavy atom. The summed E-state index contributed by atoms with van der Waals surface area (Å²) in [5.74, 6) is -0.739. The second kappa shape index (κ2) is 10.2. The Labute approximate surface area is 172 Å². The van der Waals surface area contributed by atoms with Crippen LogP contribution in [0.1, 0.15) is 37.0 Å².